The number of carbonyl (C=O) groups is 3. The number of aliphatic hydroxyl groups is 3. The third-order valence-electron chi connectivity index (χ3n) is 33.5. The number of esters is 2. The van der Waals surface area contributed by atoms with Gasteiger partial charge in [0.1, 0.15) is 29.7 Å². The summed E-state index contributed by atoms with van der Waals surface area (Å²) in [6, 6.07) is 11.3. The standard InChI is InChI=1S/C81H98N2O11/c1-43-55-13-9-12-46(55)18-22-56(43)60-32-53-31-54-36-75(25-7-8-26-75)40-76(54)35-51-34-73(2)79-52(21-17-50-39-90-63(64(50)79)33-58(62(85)38-84)48-19-23-57-49(30-48)24-27-83-42-82-37-61(57)83)20-16-47-15-14-45(28-44-10-5-4-6-11-44)29-59(47)78(81(73)70(92-81)72(89)93-79)66(51)77-41-91-71(88)68(76)80(53,77)94-74(60,3)67(77)65(86)69(78)87/h4-6,10-11,18,22,24,27,32,39,43,45-49,51-52,54-62,66-70,82,84-85,87H,7-9,12-15,17,19,21,23,25-26,28-31,33-38,40-42H2,1-3H3. The van der Waals surface area contributed by atoms with Crippen molar-refractivity contribution in [1.82, 2.24) is 10.2 Å². The van der Waals surface area contributed by atoms with Crippen LogP contribution in [0, 0.1) is 145 Å². The molecule has 498 valence electrons. The fraction of sp³-hybridized carbons (Fsp3) is 0.741. The zero-order chi connectivity index (χ0) is 63.2. The molecule has 8 heterocycles. The lowest BCUT2D eigenvalue weighted by Crippen LogP contribution is -2.84. The topological polar surface area (TPSA) is 181 Å². The van der Waals surface area contributed by atoms with Gasteiger partial charge in [0.25, 0.3) is 0 Å². The highest BCUT2D eigenvalue weighted by atomic mass is 16.7. The summed E-state index contributed by atoms with van der Waals surface area (Å²) in [7, 11) is 0. The Kier molecular flexibility index (Phi) is 12.0. The molecule has 21 rings (SSSR count). The lowest BCUT2D eigenvalue weighted by atomic mass is 9.28. The van der Waals surface area contributed by atoms with Crippen LogP contribution < -0.4 is 5.32 Å². The van der Waals surface area contributed by atoms with E-state index in [1.165, 1.54) is 43.2 Å². The summed E-state index contributed by atoms with van der Waals surface area (Å²) in [5, 5.41) is 42.4. The van der Waals surface area contributed by atoms with Gasteiger partial charge in [-0.15, -0.1) is 0 Å². The quantitative estimate of drug-likeness (QED) is 0.0850. The molecule has 30 unspecified atom stereocenters. The highest BCUT2D eigenvalue weighted by molar-refractivity contribution is 5.94. The largest absolute Gasteiger partial charge is 0.469 e. The summed E-state index contributed by atoms with van der Waals surface area (Å²) < 4.78 is 38.7. The van der Waals surface area contributed by atoms with E-state index in [0.29, 0.717) is 73.5 Å². The minimum absolute atomic E-state index is 0.0197. The molecule has 14 fully saturated rings. The number of nitrogens with one attached hydrogen (secondary N) is 1. The Morgan fingerprint density at radius 3 is 2.59 bits per heavy atom. The molecule has 12 aliphatic carbocycles. The second-order valence-electron chi connectivity index (χ2n) is 36.2. The van der Waals surface area contributed by atoms with Gasteiger partial charge >= 0.3 is 11.9 Å². The number of furan rings is 1. The van der Waals surface area contributed by atoms with Crippen molar-refractivity contribution in [1.29, 1.82) is 0 Å². The predicted molar refractivity (Wildman–Crippen MR) is 346 cm³/mol. The van der Waals surface area contributed by atoms with Crippen LogP contribution in [0.2, 0.25) is 0 Å². The molecule has 7 spiro atoms. The van der Waals surface area contributed by atoms with Crippen LogP contribution in [0.4, 0.5) is 0 Å². The maximum Gasteiger partial charge on any atom is 0.339 e. The van der Waals surface area contributed by atoms with Gasteiger partial charge in [0.2, 0.25) is 0 Å². The molecule has 94 heavy (non-hydrogen) atoms. The number of hydrogen-bond donors (Lipinski definition) is 4. The highest BCUT2D eigenvalue weighted by Gasteiger charge is 3.00. The molecule has 1 aromatic heterocycles. The highest BCUT2D eigenvalue weighted by Crippen LogP contribution is 2.92. The van der Waals surface area contributed by atoms with Gasteiger partial charge in [-0.1, -0.05) is 99.6 Å². The van der Waals surface area contributed by atoms with Crippen molar-refractivity contribution in [2.24, 2.45) is 134 Å². The van der Waals surface area contributed by atoms with Gasteiger partial charge in [-0.2, -0.15) is 0 Å². The first-order chi connectivity index (χ1) is 45.5. The lowest BCUT2D eigenvalue weighted by Gasteiger charge is -2.74. The van der Waals surface area contributed by atoms with Crippen LogP contribution in [0.25, 0.3) is 0 Å². The molecular formula is C81H98N2O11. The van der Waals surface area contributed by atoms with Crippen molar-refractivity contribution in [2.45, 2.75) is 209 Å². The van der Waals surface area contributed by atoms with Crippen LogP contribution in [0.5, 0.6) is 0 Å². The molecule has 30 atom stereocenters. The number of fused-ring (bicyclic) bond motifs is 8. The minimum Gasteiger partial charge on any atom is -0.469 e. The van der Waals surface area contributed by atoms with E-state index in [1.807, 2.05) is 6.26 Å². The van der Waals surface area contributed by atoms with Crippen LogP contribution in [0.15, 0.2) is 77.1 Å². The molecule has 2 aromatic rings. The van der Waals surface area contributed by atoms with Crippen molar-refractivity contribution >= 4 is 17.7 Å². The number of aryl methyl sites for hydroxylation is 1. The van der Waals surface area contributed by atoms with Gasteiger partial charge < -0.3 is 43.6 Å². The summed E-state index contributed by atoms with van der Waals surface area (Å²) in [6.45, 7) is 8.56. The summed E-state index contributed by atoms with van der Waals surface area (Å²) in [4.78, 5) is 53.4. The van der Waals surface area contributed by atoms with Crippen molar-refractivity contribution in [2.75, 3.05) is 26.4 Å². The number of aliphatic hydroxyl groups excluding tert-OH is 3. The Morgan fingerprint density at radius 1 is 0.872 bits per heavy atom. The van der Waals surface area contributed by atoms with Crippen LogP contribution in [-0.2, 0) is 58.2 Å². The molecule has 9 bridgehead atoms. The van der Waals surface area contributed by atoms with E-state index in [9.17, 15) is 10.2 Å². The molecule has 0 radical (unpaired) electrons. The van der Waals surface area contributed by atoms with E-state index in [-0.39, 0.29) is 77.7 Å². The number of nitrogens with zero attached hydrogens (tertiary/aromatic N) is 1. The Hall–Kier alpha value is -4.55. The number of rotatable bonds is 8. The summed E-state index contributed by atoms with van der Waals surface area (Å²) in [5.74, 6) is 6.99. The molecule has 5 saturated heterocycles. The average molecular weight is 1280 g/mol. The second kappa shape index (κ2) is 19.3. The Morgan fingerprint density at radius 2 is 1.73 bits per heavy atom. The Bertz CT molecular complexity index is 3760. The number of Topliss-reactive ketones (excluding diaryl/α,β-unsaturated/α-hetero) is 1. The number of ether oxygens (including phenoxy) is 4. The third-order valence-corrected chi connectivity index (χ3v) is 33.5. The summed E-state index contributed by atoms with van der Waals surface area (Å²) >= 11 is 0. The molecule has 13 nitrogen and oxygen atoms in total. The number of allylic oxidation sites excluding steroid dienone is 3. The van der Waals surface area contributed by atoms with E-state index in [4.69, 9.17) is 23.4 Å². The zero-order valence-corrected chi connectivity index (χ0v) is 55.5. The molecular weight excluding hydrogens is 1180 g/mol. The first-order valence-electron chi connectivity index (χ1n) is 38.0. The maximum atomic E-state index is 18.0. The van der Waals surface area contributed by atoms with Crippen molar-refractivity contribution in [3.8, 4) is 11.8 Å². The normalized spacial score (nSPS) is 53.4. The molecule has 4 N–H and O–H groups in total. The van der Waals surface area contributed by atoms with E-state index < -0.39 is 97.9 Å². The molecule has 1 aromatic carbocycles. The summed E-state index contributed by atoms with van der Waals surface area (Å²) in [5.41, 5.74) is -5.09. The fourth-order valence-electron chi connectivity index (χ4n) is 30.9. The molecule has 9 saturated carbocycles. The van der Waals surface area contributed by atoms with Gasteiger partial charge in [0.15, 0.2) is 17.5 Å². The molecule has 19 aliphatic rings. The fourth-order valence-corrected chi connectivity index (χ4v) is 30.9. The Balaban J connectivity index is 0.804. The number of hydrogen-bond acceptors (Lipinski definition) is 13. The van der Waals surface area contributed by atoms with Gasteiger partial charge in [0, 0.05) is 47.2 Å². The average Bonchev–Trinajstić information content (AvgIpc) is 1.41. The first kappa shape index (κ1) is 58.4. The third kappa shape index (κ3) is 6.61. The number of carbonyl (C=O) groups excluding carboxylic acids is 3. The van der Waals surface area contributed by atoms with Crippen molar-refractivity contribution < 1.29 is 53.1 Å². The van der Waals surface area contributed by atoms with Crippen LogP contribution >= 0.6 is 0 Å². The van der Waals surface area contributed by atoms with E-state index in [0.717, 1.165) is 101 Å². The van der Waals surface area contributed by atoms with Crippen molar-refractivity contribution in [3.63, 3.8) is 0 Å². The van der Waals surface area contributed by atoms with Gasteiger partial charge in [-0.3, -0.25) is 14.9 Å². The van der Waals surface area contributed by atoms with Gasteiger partial charge in [0.05, 0.1) is 54.4 Å². The molecule has 13 heteroatoms. The second-order valence-corrected chi connectivity index (χ2v) is 36.2. The molecule has 0 amide bonds. The molecule has 7 aliphatic heterocycles. The number of ketones is 1. The smallest absolute Gasteiger partial charge is 0.339 e. The number of epoxide rings is 1. The van der Waals surface area contributed by atoms with Crippen LogP contribution in [0.1, 0.15) is 165 Å². The Labute approximate surface area is 554 Å². The lowest BCUT2D eigenvalue weighted by molar-refractivity contribution is -0.320. The van der Waals surface area contributed by atoms with Crippen LogP contribution in [0.3, 0.4) is 0 Å². The minimum atomic E-state index is -1.58. The summed E-state index contributed by atoms with van der Waals surface area (Å²) in [6.07, 6.45) is 30.6. The monoisotopic (exact) mass is 1270 g/mol. The first-order valence-corrected chi connectivity index (χ1v) is 38.0. The van der Waals surface area contributed by atoms with Gasteiger partial charge in [-0.05, 0) is 233 Å². The van der Waals surface area contributed by atoms with Crippen molar-refractivity contribution in [3.05, 3.63) is 95.1 Å². The number of cyclic esters (lactones) is 1. The van der Waals surface area contributed by atoms with E-state index in [2.05, 4.69) is 104 Å². The predicted octanol–water partition coefficient (Wildman–Crippen LogP) is 10.8. The van der Waals surface area contributed by atoms with E-state index in [1.54, 1.807) is 0 Å². The van der Waals surface area contributed by atoms with E-state index >= 15 is 19.5 Å². The number of benzene rings is 1. The zero-order valence-electron chi connectivity index (χ0n) is 55.5. The SMILES string of the molecule is CC1C(C2C=C3CC4CC5(CCCC5)CC45CC4CC6(C)C78OC(=O)C9OC96C6(C(O)C(=O)C9C2(C)OC32C5C(=O)OCC92C46)C2CC(Cc3ccccc3)CCC2C#CC7CCc2coc(CC(C(O)CO)C3CCC4C(C=CN5CNCC45)C3)c28)C=CC2CCCC21. The van der Waals surface area contributed by atoms with Crippen LogP contribution in [-0.4, -0.2) is 106 Å². The maximum absolute atomic E-state index is 18.0. The van der Waals surface area contributed by atoms with Gasteiger partial charge in [-0.25, -0.2) is 4.79 Å².